The summed E-state index contributed by atoms with van der Waals surface area (Å²) in [6.45, 7) is 0. The summed E-state index contributed by atoms with van der Waals surface area (Å²) < 4.78 is 4.90. The van der Waals surface area contributed by atoms with Crippen molar-refractivity contribution in [2.24, 2.45) is 0 Å². The van der Waals surface area contributed by atoms with Crippen molar-refractivity contribution in [3.8, 4) is 0 Å². The predicted octanol–water partition coefficient (Wildman–Crippen LogP) is 1.05. The molecule has 0 aromatic carbocycles. The average Bonchev–Trinajstić information content (AvgIpc) is 2.28. The number of aldehydes is 1. The molecule has 88 valence electrons. The van der Waals surface area contributed by atoms with Crippen LogP contribution < -0.4 is 5.48 Å². The maximum atomic E-state index is 10.6. The fourth-order valence-electron chi connectivity index (χ4n) is 1.28. The minimum Gasteiger partial charge on any atom is -0.374 e. The van der Waals surface area contributed by atoms with E-state index >= 15 is 0 Å². The third kappa shape index (κ3) is 8.08. The number of nitrogens with one attached hydrogen (secondary N) is 1. The summed E-state index contributed by atoms with van der Waals surface area (Å²) in [5, 5.41) is 8.22. The van der Waals surface area contributed by atoms with Gasteiger partial charge in [-0.2, -0.15) is 0 Å². The number of hydrogen-bond donors (Lipinski definition) is 2. The number of hydroxylamine groups is 1. The predicted molar refractivity (Wildman–Crippen MR) is 54.5 cm³/mol. The Bertz CT molecular complexity index is 184. The Kier molecular flexibility index (Phi) is 9.01. The zero-order valence-corrected chi connectivity index (χ0v) is 9.07. The summed E-state index contributed by atoms with van der Waals surface area (Å²) in [5.74, 6) is -0.349. The van der Waals surface area contributed by atoms with Crippen LogP contribution in [0, 0.1) is 0 Å². The maximum Gasteiger partial charge on any atom is 0.243 e. The van der Waals surface area contributed by atoms with Gasteiger partial charge in [0.1, 0.15) is 12.4 Å². The average molecular weight is 217 g/mol. The Morgan fingerprint density at radius 1 is 1.40 bits per heavy atom. The van der Waals surface area contributed by atoms with E-state index in [2.05, 4.69) is 0 Å². The molecule has 0 aliphatic carbocycles. The number of carbonyl (C=O) groups excluding carboxylic acids is 2. The van der Waals surface area contributed by atoms with E-state index < -0.39 is 0 Å². The molecule has 0 aromatic heterocycles. The lowest BCUT2D eigenvalue weighted by atomic mass is 10.1. The Morgan fingerprint density at radius 3 is 2.60 bits per heavy atom. The molecule has 2 N–H and O–H groups in total. The molecule has 0 spiro atoms. The first-order valence-corrected chi connectivity index (χ1v) is 5.15. The highest BCUT2D eigenvalue weighted by molar-refractivity contribution is 5.74. The second kappa shape index (κ2) is 9.61. The van der Waals surface area contributed by atoms with Crippen molar-refractivity contribution in [3.05, 3.63) is 0 Å². The van der Waals surface area contributed by atoms with Gasteiger partial charge in [-0.15, -0.1) is 0 Å². The molecule has 0 saturated heterocycles. The summed E-state index contributed by atoms with van der Waals surface area (Å²) in [6.07, 6.45) is 5.13. The highest BCUT2D eigenvalue weighted by Gasteiger charge is 2.04. The molecule has 5 heteroatoms. The van der Waals surface area contributed by atoms with Crippen LogP contribution in [0.15, 0.2) is 0 Å². The third-order valence-electron chi connectivity index (χ3n) is 2.22. The lowest BCUT2D eigenvalue weighted by Crippen LogP contribution is -2.17. The number of hydrogen-bond acceptors (Lipinski definition) is 4. The van der Waals surface area contributed by atoms with Crippen LogP contribution in [-0.2, 0) is 14.3 Å². The zero-order valence-electron chi connectivity index (χ0n) is 9.07. The van der Waals surface area contributed by atoms with Crippen molar-refractivity contribution in [1.82, 2.24) is 5.48 Å². The maximum absolute atomic E-state index is 10.6. The lowest BCUT2D eigenvalue weighted by molar-refractivity contribution is -0.129. The number of rotatable bonds is 9. The van der Waals surface area contributed by atoms with E-state index in [0.717, 1.165) is 38.4 Å². The molecular formula is C10H19NO4. The molecule has 0 aliphatic heterocycles. The van der Waals surface area contributed by atoms with E-state index in [1.54, 1.807) is 5.48 Å². The minimum absolute atomic E-state index is 0.300. The molecule has 0 fully saturated rings. The number of unbranched alkanes of at least 4 members (excludes halogenated alkanes) is 3. The normalized spacial score (nSPS) is 12.1. The van der Waals surface area contributed by atoms with E-state index in [1.165, 1.54) is 7.11 Å². The lowest BCUT2D eigenvalue weighted by Gasteiger charge is -2.06. The van der Waals surface area contributed by atoms with Gasteiger partial charge >= 0.3 is 0 Å². The first kappa shape index (κ1) is 14.1. The number of amides is 1. The Labute approximate surface area is 89.8 Å². The minimum atomic E-state index is -0.349. The largest absolute Gasteiger partial charge is 0.374 e. The van der Waals surface area contributed by atoms with E-state index in [1.807, 2.05) is 0 Å². The molecule has 0 heterocycles. The number of ether oxygens (including phenoxy) is 1. The summed E-state index contributed by atoms with van der Waals surface area (Å²) in [5.41, 5.74) is 1.59. The summed E-state index contributed by atoms with van der Waals surface area (Å²) in [7, 11) is 1.52. The van der Waals surface area contributed by atoms with Crippen molar-refractivity contribution in [2.45, 2.75) is 44.6 Å². The molecule has 0 saturated carbocycles. The van der Waals surface area contributed by atoms with E-state index in [4.69, 9.17) is 9.94 Å². The van der Waals surface area contributed by atoms with Crippen LogP contribution in [0.5, 0.6) is 0 Å². The number of methoxy groups -OCH3 is 1. The summed E-state index contributed by atoms with van der Waals surface area (Å²) in [6, 6.07) is 0. The Hall–Kier alpha value is -0.940. The molecule has 1 amide bonds. The van der Waals surface area contributed by atoms with Crippen molar-refractivity contribution in [2.75, 3.05) is 7.11 Å². The van der Waals surface area contributed by atoms with Crippen molar-refractivity contribution < 1.29 is 19.5 Å². The van der Waals surface area contributed by atoms with Crippen LogP contribution >= 0.6 is 0 Å². The second-order valence-corrected chi connectivity index (χ2v) is 3.40. The van der Waals surface area contributed by atoms with Gasteiger partial charge in [0.15, 0.2) is 0 Å². The molecule has 15 heavy (non-hydrogen) atoms. The number of carbonyl (C=O) groups is 2. The zero-order chi connectivity index (χ0) is 11.5. The highest BCUT2D eigenvalue weighted by Crippen LogP contribution is 2.07. The van der Waals surface area contributed by atoms with Gasteiger partial charge in [-0.3, -0.25) is 10.0 Å². The Morgan fingerprint density at radius 2 is 2.07 bits per heavy atom. The van der Waals surface area contributed by atoms with Crippen molar-refractivity contribution in [3.63, 3.8) is 0 Å². The molecule has 0 bridgehead atoms. The fourth-order valence-corrected chi connectivity index (χ4v) is 1.28. The van der Waals surface area contributed by atoms with Gasteiger partial charge in [0.2, 0.25) is 5.91 Å². The van der Waals surface area contributed by atoms with Gasteiger partial charge in [-0.1, -0.05) is 19.3 Å². The molecule has 0 radical (unpaired) electrons. The van der Waals surface area contributed by atoms with Gasteiger partial charge in [0.05, 0.1) is 0 Å². The van der Waals surface area contributed by atoms with Crippen molar-refractivity contribution in [1.29, 1.82) is 0 Å². The van der Waals surface area contributed by atoms with Gasteiger partial charge < -0.3 is 9.53 Å². The molecular weight excluding hydrogens is 198 g/mol. The van der Waals surface area contributed by atoms with Gasteiger partial charge in [-0.05, 0) is 12.8 Å². The summed E-state index contributed by atoms with van der Waals surface area (Å²) in [4.78, 5) is 21.0. The molecule has 0 rings (SSSR count). The smallest absolute Gasteiger partial charge is 0.243 e. The van der Waals surface area contributed by atoms with Crippen LogP contribution in [0.1, 0.15) is 38.5 Å². The molecule has 1 atom stereocenters. The fraction of sp³-hybridized carbons (Fsp3) is 0.800. The van der Waals surface area contributed by atoms with Gasteiger partial charge in [-0.25, -0.2) is 5.48 Å². The van der Waals surface area contributed by atoms with E-state index in [0.29, 0.717) is 6.42 Å². The first-order valence-electron chi connectivity index (χ1n) is 5.15. The second-order valence-electron chi connectivity index (χ2n) is 3.40. The SMILES string of the molecule is COC(C=O)CCCCCCC(=O)NO. The van der Waals surface area contributed by atoms with E-state index in [-0.39, 0.29) is 12.0 Å². The standard InChI is InChI=1S/C10H19NO4/c1-15-9(8-12)6-4-2-3-5-7-10(13)11-14/h8-9,14H,2-7H2,1H3,(H,11,13). The molecule has 0 aliphatic rings. The van der Waals surface area contributed by atoms with Crippen molar-refractivity contribution >= 4 is 12.2 Å². The topological polar surface area (TPSA) is 75.6 Å². The quantitative estimate of drug-likeness (QED) is 0.262. The molecule has 0 aromatic rings. The monoisotopic (exact) mass is 217 g/mol. The van der Waals surface area contributed by atoms with Crippen LogP contribution in [0.25, 0.3) is 0 Å². The van der Waals surface area contributed by atoms with Crippen LogP contribution in [0.4, 0.5) is 0 Å². The third-order valence-corrected chi connectivity index (χ3v) is 2.22. The van der Waals surface area contributed by atoms with Crippen LogP contribution in [0.2, 0.25) is 0 Å². The first-order chi connectivity index (χ1) is 7.24. The van der Waals surface area contributed by atoms with Crippen LogP contribution in [0.3, 0.4) is 0 Å². The van der Waals surface area contributed by atoms with Crippen LogP contribution in [-0.4, -0.2) is 30.6 Å². The Balaban J connectivity index is 3.24. The molecule has 5 nitrogen and oxygen atoms in total. The highest BCUT2D eigenvalue weighted by atomic mass is 16.5. The van der Waals surface area contributed by atoms with E-state index in [9.17, 15) is 9.59 Å². The molecule has 1 unspecified atom stereocenters. The van der Waals surface area contributed by atoms with Gasteiger partial charge in [0.25, 0.3) is 0 Å². The van der Waals surface area contributed by atoms with Gasteiger partial charge in [0, 0.05) is 13.5 Å². The summed E-state index contributed by atoms with van der Waals surface area (Å²) >= 11 is 0.